The average Bonchev–Trinajstić information content (AvgIpc) is 2.46. The molecule has 1 heterocycles. The highest BCUT2D eigenvalue weighted by Crippen LogP contribution is 2.36. The molecule has 0 aromatic heterocycles. The van der Waals surface area contributed by atoms with Crippen molar-refractivity contribution in [1.82, 2.24) is 4.90 Å². The van der Waals surface area contributed by atoms with Crippen LogP contribution in [0.4, 0.5) is 0 Å². The first kappa shape index (κ1) is 18.1. The number of hydrogen-bond donors (Lipinski definition) is 1. The number of likely N-dealkylation sites (tertiary alicyclic amines) is 1. The normalized spacial score (nSPS) is 19.6. The van der Waals surface area contributed by atoms with Crippen molar-refractivity contribution in [2.24, 2.45) is 0 Å². The molecule has 1 saturated heterocycles. The largest absolute Gasteiger partial charge is 0.496 e. The smallest absolute Gasteiger partial charge is 0.320 e. The maximum absolute atomic E-state index is 11.5. The lowest BCUT2D eigenvalue weighted by molar-refractivity contribution is -0.144. The highest BCUT2D eigenvalue weighted by atomic mass is 35.5. The van der Waals surface area contributed by atoms with Crippen molar-refractivity contribution in [2.75, 3.05) is 13.7 Å². The number of carbonyl (C=O) groups is 1. The fraction of sp³-hybridized carbons (Fsp3) is 0.611. The van der Waals surface area contributed by atoms with E-state index in [0.717, 1.165) is 36.3 Å². The Hall–Kier alpha value is -1.26. The van der Waals surface area contributed by atoms with Gasteiger partial charge in [-0.3, -0.25) is 9.69 Å². The molecule has 5 heteroatoms. The molecule has 1 fully saturated rings. The highest BCUT2D eigenvalue weighted by molar-refractivity contribution is 6.31. The molecule has 0 bridgehead atoms. The van der Waals surface area contributed by atoms with Crippen LogP contribution in [0, 0.1) is 0 Å². The Balaban J connectivity index is 2.32. The molecule has 1 aromatic carbocycles. The van der Waals surface area contributed by atoms with Gasteiger partial charge in [0.2, 0.25) is 0 Å². The van der Waals surface area contributed by atoms with Gasteiger partial charge in [0.05, 0.1) is 7.11 Å². The van der Waals surface area contributed by atoms with Gasteiger partial charge < -0.3 is 9.84 Å². The van der Waals surface area contributed by atoms with Crippen LogP contribution in [0.2, 0.25) is 5.02 Å². The molecule has 4 nitrogen and oxygen atoms in total. The molecule has 0 amide bonds. The first-order valence-corrected chi connectivity index (χ1v) is 8.45. The van der Waals surface area contributed by atoms with Crippen molar-refractivity contribution >= 4 is 17.6 Å². The second-order valence-corrected chi connectivity index (χ2v) is 7.62. The van der Waals surface area contributed by atoms with E-state index in [1.165, 1.54) is 0 Å². The number of piperidine rings is 1. The first-order chi connectivity index (χ1) is 10.7. The number of aliphatic carboxylic acids is 1. The van der Waals surface area contributed by atoms with E-state index in [4.69, 9.17) is 16.3 Å². The Kier molecular flexibility index (Phi) is 5.58. The summed E-state index contributed by atoms with van der Waals surface area (Å²) in [6, 6.07) is 3.49. The Labute approximate surface area is 143 Å². The van der Waals surface area contributed by atoms with E-state index < -0.39 is 12.0 Å². The van der Waals surface area contributed by atoms with Crippen molar-refractivity contribution in [2.45, 2.75) is 58.0 Å². The molecule has 1 atom stereocenters. The number of ether oxygens (including phenoxy) is 1. The van der Waals surface area contributed by atoms with Gasteiger partial charge in [0.15, 0.2) is 0 Å². The highest BCUT2D eigenvalue weighted by Gasteiger charge is 2.29. The van der Waals surface area contributed by atoms with Gasteiger partial charge in [-0.2, -0.15) is 0 Å². The summed E-state index contributed by atoms with van der Waals surface area (Å²) < 4.78 is 5.54. The third-order valence-electron chi connectivity index (χ3n) is 4.45. The molecule has 0 saturated carbocycles. The molecule has 1 aromatic rings. The predicted molar refractivity (Wildman–Crippen MR) is 92.4 cm³/mol. The van der Waals surface area contributed by atoms with E-state index in [1.807, 2.05) is 17.0 Å². The third-order valence-corrected chi connectivity index (χ3v) is 4.76. The molecule has 1 aliphatic heterocycles. The van der Waals surface area contributed by atoms with Gasteiger partial charge >= 0.3 is 5.97 Å². The van der Waals surface area contributed by atoms with Gasteiger partial charge in [-0.15, -0.1) is 0 Å². The number of benzene rings is 1. The quantitative estimate of drug-likeness (QED) is 0.897. The lowest BCUT2D eigenvalue weighted by Crippen LogP contribution is -2.44. The second kappa shape index (κ2) is 7.10. The van der Waals surface area contributed by atoms with Gasteiger partial charge in [-0.05, 0) is 42.5 Å². The van der Waals surface area contributed by atoms with Crippen molar-refractivity contribution < 1.29 is 14.6 Å². The van der Waals surface area contributed by atoms with Crippen molar-refractivity contribution in [3.8, 4) is 5.75 Å². The molecule has 0 aliphatic carbocycles. The van der Waals surface area contributed by atoms with E-state index in [0.29, 0.717) is 18.0 Å². The lowest BCUT2D eigenvalue weighted by Gasteiger charge is -2.33. The fourth-order valence-electron chi connectivity index (χ4n) is 3.16. The summed E-state index contributed by atoms with van der Waals surface area (Å²) >= 11 is 6.47. The maximum Gasteiger partial charge on any atom is 0.320 e. The van der Waals surface area contributed by atoms with Crippen LogP contribution < -0.4 is 4.74 Å². The van der Waals surface area contributed by atoms with E-state index in [2.05, 4.69) is 20.8 Å². The average molecular weight is 340 g/mol. The number of methoxy groups -OCH3 is 1. The molecular formula is C18H26ClNO3. The third kappa shape index (κ3) is 4.18. The van der Waals surface area contributed by atoms with Gasteiger partial charge in [0.25, 0.3) is 0 Å². The number of carboxylic acid groups (broad SMARTS) is 1. The molecule has 1 aliphatic rings. The molecule has 0 spiro atoms. The van der Waals surface area contributed by atoms with Crippen molar-refractivity contribution in [1.29, 1.82) is 0 Å². The van der Waals surface area contributed by atoms with Crippen LogP contribution in [0.1, 0.15) is 51.2 Å². The Morgan fingerprint density at radius 2 is 2.09 bits per heavy atom. The van der Waals surface area contributed by atoms with Crippen LogP contribution >= 0.6 is 11.6 Å². The summed E-state index contributed by atoms with van der Waals surface area (Å²) in [4.78, 5) is 13.5. The van der Waals surface area contributed by atoms with Crippen LogP contribution in [0.5, 0.6) is 5.75 Å². The molecule has 128 valence electrons. The molecular weight excluding hydrogens is 314 g/mol. The van der Waals surface area contributed by atoms with Crippen LogP contribution in [0.3, 0.4) is 0 Å². The SMILES string of the molecule is COc1cc(C(C)(C)C)c(Cl)cc1CN1CCCC[C@H]1C(=O)O. The minimum absolute atomic E-state index is 0.0718. The topological polar surface area (TPSA) is 49.8 Å². The fourth-order valence-corrected chi connectivity index (χ4v) is 3.63. The van der Waals surface area contributed by atoms with Crippen LogP contribution in [-0.2, 0) is 16.8 Å². The van der Waals surface area contributed by atoms with Crippen molar-refractivity contribution in [3.63, 3.8) is 0 Å². The summed E-state index contributed by atoms with van der Waals surface area (Å²) in [7, 11) is 1.64. The standard InChI is InChI=1S/C18H26ClNO3/c1-18(2,3)13-10-16(23-4)12(9-14(13)19)11-20-8-6-5-7-15(20)17(21)22/h9-10,15H,5-8,11H2,1-4H3,(H,21,22)/t15-/m0/s1. The molecule has 23 heavy (non-hydrogen) atoms. The zero-order valence-electron chi connectivity index (χ0n) is 14.4. The molecule has 0 radical (unpaired) electrons. The number of nitrogens with zero attached hydrogens (tertiary/aromatic N) is 1. The molecule has 2 rings (SSSR count). The predicted octanol–water partition coefficient (Wildman–Crippen LogP) is 4.09. The van der Waals surface area contributed by atoms with Gasteiger partial charge in [-0.25, -0.2) is 0 Å². The van der Waals surface area contributed by atoms with E-state index in [1.54, 1.807) is 7.11 Å². The van der Waals surface area contributed by atoms with E-state index >= 15 is 0 Å². The number of rotatable bonds is 4. The van der Waals surface area contributed by atoms with Gasteiger partial charge in [0.1, 0.15) is 11.8 Å². The van der Waals surface area contributed by atoms with Gasteiger partial charge in [-0.1, -0.05) is 38.8 Å². The summed E-state index contributed by atoms with van der Waals surface area (Å²) in [6.07, 6.45) is 2.69. The Morgan fingerprint density at radius 3 is 2.65 bits per heavy atom. The van der Waals surface area contributed by atoms with Crippen LogP contribution in [-0.4, -0.2) is 35.7 Å². The Morgan fingerprint density at radius 1 is 1.39 bits per heavy atom. The van der Waals surface area contributed by atoms with Crippen LogP contribution in [0.25, 0.3) is 0 Å². The minimum atomic E-state index is -0.749. The van der Waals surface area contributed by atoms with Crippen molar-refractivity contribution in [3.05, 3.63) is 28.3 Å². The number of carboxylic acids is 1. The second-order valence-electron chi connectivity index (χ2n) is 7.21. The monoisotopic (exact) mass is 339 g/mol. The Bertz CT molecular complexity index is 580. The summed E-state index contributed by atoms with van der Waals surface area (Å²) in [6.45, 7) is 7.66. The van der Waals surface area contributed by atoms with Gasteiger partial charge in [0, 0.05) is 17.1 Å². The molecule has 0 unspecified atom stereocenters. The summed E-state index contributed by atoms with van der Waals surface area (Å²) in [5.74, 6) is 0.0233. The zero-order chi connectivity index (χ0) is 17.2. The lowest BCUT2D eigenvalue weighted by atomic mass is 9.86. The number of hydrogen-bond acceptors (Lipinski definition) is 3. The maximum atomic E-state index is 11.5. The number of halogens is 1. The minimum Gasteiger partial charge on any atom is -0.496 e. The van der Waals surface area contributed by atoms with E-state index in [9.17, 15) is 9.90 Å². The molecule has 1 N–H and O–H groups in total. The van der Waals surface area contributed by atoms with E-state index in [-0.39, 0.29) is 5.41 Å². The van der Waals surface area contributed by atoms with Crippen LogP contribution in [0.15, 0.2) is 12.1 Å². The summed E-state index contributed by atoms with van der Waals surface area (Å²) in [5.41, 5.74) is 1.91. The summed E-state index contributed by atoms with van der Waals surface area (Å²) in [5, 5.41) is 10.1. The first-order valence-electron chi connectivity index (χ1n) is 8.07. The zero-order valence-corrected chi connectivity index (χ0v) is 15.1.